The van der Waals surface area contributed by atoms with Crippen LogP contribution in [-0.4, -0.2) is 48.4 Å². The lowest BCUT2D eigenvalue weighted by Crippen LogP contribution is -2.51. The number of hydrogen-bond acceptors (Lipinski definition) is 2. The van der Waals surface area contributed by atoms with E-state index in [0.717, 1.165) is 50.5 Å². The van der Waals surface area contributed by atoms with E-state index in [0.29, 0.717) is 0 Å². The van der Waals surface area contributed by atoms with Crippen LogP contribution in [0.15, 0.2) is 0 Å². The zero-order valence-corrected chi connectivity index (χ0v) is 9.27. The third-order valence-electron chi connectivity index (χ3n) is 4.67. The Balaban J connectivity index is 1.58. The summed E-state index contributed by atoms with van der Waals surface area (Å²) in [5, 5.41) is 0. The standard InChI is InChI=1S/C12H20N2O/c15-9-13-3-5-14(6-4-13)12-8-10-1-2-11(12)7-10/h9-12H,1-8H2/t10-,11+,12-/m0/s1. The number of piperazine rings is 1. The van der Waals surface area contributed by atoms with Gasteiger partial charge in [-0.15, -0.1) is 0 Å². The third-order valence-corrected chi connectivity index (χ3v) is 4.67. The molecule has 3 nitrogen and oxygen atoms in total. The maximum absolute atomic E-state index is 10.6. The normalized spacial score (nSPS) is 41.1. The van der Waals surface area contributed by atoms with Crippen LogP contribution < -0.4 is 0 Å². The van der Waals surface area contributed by atoms with Crippen molar-refractivity contribution in [3.05, 3.63) is 0 Å². The first kappa shape index (κ1) is 9.64. The molecule has 84 valence electrons. The molecule has 3 rings (SSSR count). The van der Waals surface area contributed by atoms with E-state index in [1.165, 1.54) is 25.7 Å². The van der Waals surface area contributed by atoms with E-state index in [4.69, 9.17) is 0 Å². The number of amides is 1. The SMILES string of the molecule is O=CN1CCN([C@H]2C[C@H]3CC[C@@H]2C3)CC1. The van der Waals surface area contributed by atoms with Gasteiger partial charge >= 0.3 is 0 Å². The molecule has 3 heteroatoms. The molecule has 0 unspecified atom stereocenters. The second-order valence-corrected chi connectivity index (χ2v) is 5.42. The quantitative estimate of drug-likeness (QED) is 0.631. The highest BCUT2D eigenvalue weighted by molar-refractivity contribution is 5.47. The number of carbonyl (C=O) groups excluding carboxylic acids is 1. The molecule has 1 aliphatic heterocycles. The fourth-order valence-electron chi connectivity index (χ4n) is 3.83. The highest BCUT2D eigenvalue weighted by atomic mass is 16.1. The minimum Gasteiger partial charge on any atom is -0.343 e. The van der Waals surface area contributed by atoms with E-state index in [9.17, 15) is 4.79 Å². The molecule has 3 atom stereocenters. The van der Waals surface area contributed by atoms with Crippen molar-refractivity contribution < 1.29 is 4.79 Å². The molecule has 2 bridgehead atoms. The molecule has 1 heterocycles. The average Bonchev–Trinajstić information content (AvgIpc) is 2.91. The second kappa shape index (κ2) is 3.78. The number of carbonyl (C=O) groups is 1. The minimum atomic E-state index is 0.859. The molecular formula is C12H20N2O. The highest BCUT2D eigenvalue weighted by Gasteiger charge is 2.42. The van der Waals surface area contributed by atoms with E-state index < -0.39 is 0 Å². The van der Waals surface area contributed by atoms with E-state index in [1.807, 2.05) is 4.90 Å². The third kappa shape index (κ3) is 1.67. The predicted octanol–water partition coefficient (Wildman–Crippen LogP) is 0.949. The smallest absolute Gasteiger partial charge is 0.209 e. The van der Waals surface area contributed by atoms with Crippen LogP contribution in [0.5, 0.6) is 0 Å². The van der Waals surface area contributed by atoms with Gasteiger partial charge in [0.25, 0.3) is 0 Å². The van der Waals surface area contributed by atoms with E-state index >= 15 is 0 Å². The molecule has 0 aromatic carbocycles. The van der Waals surface area contributed by atoms with Gasteiger partial charge in [0.1, 0.15) is 0 Å². The first-order chi connectivity index (χ1) is 7.36. The lowest BCUT2D eigenvalue weighted by atomic mass is 9.93. The zero-order valence-electron chi connectivity index (χ0n) is 9.27. The average molecular weight is 208 g/mol. The summed E-state index contributed by atoms with van der Waals surface area (Å²) < 4.78 is 0. The van der Waals surface area contributed by atoms with Gasteiger partial charge in [-0.25, -0.2) is 0 Å². The lowest BCUT2D eigenvalue weighted by molar-refractivity contribution is -0.120. The minimum absolute atomic E-state index is 0.859. The van der Waals surface area contributed by atoms with Gasteiger partial charge < -0.3 is 4.90 Å². The van der Waals surface area contributed by atoms with Crippen molar-refractivity contribution in [3.63, 3.8) is 0 Å². The van der Waals surface area contributed by atoms with Crippen LogP contribution in [0.2, 0.25) is 0 Å². The molecule has 3 fully saturated rings. The van der Waals surface area contributed by atoms with Crippen LogP contribution in [0.1, 0.15) is 25.7 Å². The summed E-state index contributed by atoms with van der Waals surface area (Å²) >= 11 is 0. The topological polar surface area (TPSA) is 23.6 Å². The van der Waals surface area contributed by atoms with Gasteiger partial charge in [0, 0.05) is 32.2 Å². The Morgan fingerprint density at radius 3 is 2.33 bits per heavy atom. The molecule has 2 saturated carbocycles. The van der Waals surface area contributed by atoms with E-state index in [1.54, 1.807) is 0 Å². The molecule has 0 N–H and O–H groups in total. The molecule has 0 aromatic heterocycles. The Hall–Kier alpha value is -0.570. The summed E-state index contributed by atoms with van der Waals surface area (Å²) in [6.07, 6.45) is 6.86. The molecule has 0 spiro atoms. The van der Waals surface area contributed by atoms with Gasteiger partial charge in [0.05, 0.1) is 0 Å². The van der Waals surface area contributed by atoms with E-state index in [2.05, 4.69) is 4.90 Å². The summed E-state index contributed by atoms with van der Waals surface area (Å²) in [5.74, 6) is 2.02. The zero-order chi connectivity index (χ0) is 10.3. The highest BCUT2D eigenvalue weighted by Crippen LogP contribution is 2.46. The van der Waals surface area contributed by atoms with Crippen molar-refractivity contribution in [2.45, 2.75) is 31.7 Å². The number of fused-ring (bicyclic) bond motifs is 2. The molecule has 3 aliphatic rings. The number of hydrogen-bond donors (Lipinski definition) is 0. The maximum atomic E-state index is 10.6. The van der Waals surface area contributed by atoms with Gasteiger partial charge in [0.15, 0.2) is 0 Å². The van der Waals surface area contributed by atoms with Gasteiger partial charge in [-0.1, -0.05) is 6.42 Å². The monoisotopic (exact) mass is 208 g/mol. The van der Waals surface area contributed by atoms with Crippen molar-refractivity contribution in [2.75, 3.05) is 26.2 Å². The van der Waals surface area contributed by atoms with Crippen LogP contribution in [-0.2, 0) is 4.79 Å². The fourth-order valence-corrected chi connectivity index (χ4v) is 3.83. The second-order valence-electron chi connectivity index (χ2n) is 5.42. The van der Waals surface area contributed by atoms with Gasteiger partial charge in [-0.3, -0.25) is 9.69 Å². The van der Waals surface area contributed by atoms with Crippen molar-refractivity contribution in [2.24, 2.45) is 11.8 Å². The molecule has 15 heavy (non-hydrogen) atoms. The van der Waals surface area contributed by atoms with Crippen LogP contribution >= 0.6 is 0 Å². The fraction of sp³-hybridized carbons (Fsp3) is 0.917. The summed E-state index contributed by atoms with van der Waals surface area (Å²) in [7, 11) is 0. The van der Waals surface area contributed by atoms with Crippen molar-refractivity contribution in [1.29, 1.82) is 0 Å². The number of rotatable bonds is 2. The molecule has 1 amide bonds. The predicted molar refractivity (Wildman–Crippen MR) is 58.4 cm³/mol. The van der Waals surface area contributed by atoms with Crippen molar-refractivity contribution in [1.82, 2.24) is 9.80 Å². The Kier molecular flexibility index (Phi) is 2.43. The van der Waals surface area contributed by atoms with Gasteiger partial charge in [-0.05, 0) is 31.1 Å². The molecule has 2 aliphatic carbocycles. The Labute approximate surface area is 91.4 Å². The largest absolute Gasteiger partial charge is 0.343 e. The Morgan fingerprint density at radius 2 is 1.80 bits per heavy atom. The van der Waals surface area contributed by atoms with Crippen LogP contribution in [0.3, 0.4) is 0 Å². The lowest BCUT2D eigenvalue weighted by Gasteiger charge is -2.39. The van der Waals surface area contributed by atoms with Crippen LogP contribution in [0, 0.1) is 11.8 Å². The van der Waals surface area contributed by atoms with Crippen molar-refractivity contribution >= 4 is 6.41 Å². The Bertz CT molecular complexity index is 248. The summed E-state index contributed by atoms with van der Waals surface area (Å²) in [5.41, 5.74) is 0. The number of nitrogens with zero attached hydrogens (tertiary/aromatic N) is 2. The maximum Gasteiger partial charge on any atom is 0.209 e. The molecule has 1 saturated heterocycles. The van der Waals surface area contributed by atoms with Gasteiger partial charge in [0.2, 0.25) is 6.41 Å². The van der Waals surface area contributed by atoms with Crippen LogP contribution in [0.25, 0.3) is 0 Å². The van der Waals surface area contributed by atoms with Crippen molar-refractivity contribution in [3.8, 4) is 0 Å². The van der Waals surface area contributed by atoms with Gasteiger partial charge in [-0.2, -0.15) is 0 Å². The molecule has 0 aromatic rings. The summed E-state index contributed by atoms with van der Waals surface area (Å²) in [4.78, 5) is 15.2. The molecular weight excluding hydrogens is 188 g/mol. The summed E-state index contributed by atoms with van der Waals surface area (Å²) in [6.45, 7) is 4.09. The first-order valence-corrected chi connectivity index (χ1v) is 6.30. The summed E-state index contributed by atoms with van der Waals surface area (Å²) in [6, 6.07) is 0.859. The Morgan fingerprint density at radius 1 is 1.00 bits per heavy atom. The first-order valence-electron chi connectivity index (χ1n) is 6.30. The van der Waals surface area contributed by atoms with Crippen LogP contribution in [0.4, 0.5) is 0 Å². The van der Waals surface area contributed by atoms with E-state index in [-0.39, 0.29) is 0 Å². The molecule has 0 radical (unpaired) electrons.